The van der Waals surface area contributed by atoms with Crippen molar-refractivity contribution in [2.75, 3.05) is 5.32 Å². The number of aromatic hydroxyl groups is 1. The van der Waals surface area contributed by atoms with E-state index in [0.29, 0.717) is 20.7 Å². The van der Waals surface area contributed by atoms with Crippen molar-refractivity contribution in [3.8, 4) is 5.75 Å². The van der Waals surface area contributed by atoms with E-state index in [1.807, 2.05) is 0 Å². The summed E-state index contributed by atoms with van der Waals surface area (Å²) in [5.74, 6) is -0.200. The van der Waals surface area contributed by atoms with Crippen molar-refractivity contribution < 1.29 is 9.90 Å². The Bertz CT molecular complexity index is 662. The van der Waals surface area contributed by atoms with Crippen LogP contribution in [0.3, 0.4) is 0 Å². The van der Waals surface area contributed by atoms with Gasteiger partial charge in [0.1, 0.15) is 5.75 Å². The predicted octanol–water partition coefficient (Wildman–Crippen LogP) is 4.64. The van der Waals surface area contributed by atoms with E-state index in [9.17, 15) is 9.90 Å². The molecule has 0 atom stereocenters. The van der Waals surface area contributed by atoms with E-state index in [0.717, 1.165) is 0 Å². The molecule has 1 amide bonds. The van der Waals surface area contributed by atoms with Crippen molar-refractivity contribution in [3.63, 3.8) is 0 Å². The molecule has 0 aliphatic heterocycles. The van der Waals surface area contributed by atoms with Gasteiger partial charge in [-0.2, -0.15) is 0 Å². The topological polar surface area (TPSA) is 49.3 Å². The van der Waals surface area contributed by atoms with E-state index in [2.05, 4.69) is 21.2 Å². The minimum Gasteiger partial charge on any atom is -0.508 e. The highest BCUT2D eigenvalue weighted by molar-refractivity contribution is 9.10. The molecule has 0 saturated heterocycles. The van der Waals surface area contributed by atoms with Gasteiger partial charge in [-0.25, -0.2) is 0 Å². The average Bonchev–Trinajstić information content (AvgIpc) is 2.42. The molecule has 0 saturated carbocycles. The minimum absolute atomic E-state index is 0.0523. The number of rotatable bonds is 3. The number of hydrogen-bond acceptors (Lipinski definition) is 2. The quantitative estimate of drug-likeness (QED) is 0.768. The Morgan fingerprint density at radius 1 is 1.15 bits per heavy atom. The first-order valence-electron chi connectivity index (χ1n) is 5.69. The number of amides is 1. The second kappa shape index (κ2) is 6.48. The van der Waals surface area contributed by atoms with E-state index in [1.165, 1.54) is 6.07 Å². The smallest absolute Gasteiger partial charge is 0.228 e. The number of para-hydroxylation sites is 1. The molecule has 0 aromatic heterocycles. The Morgan fingerprint density at radius 2 is 1.85 bits per heavy atom. The van der Waals surface area contributed by atoms with E-state index < -0.39 is 0 Å². The molecular weight excluding hydrogens is 365 g/mol. The number of benzene rings is 2. The molecule has 0 bridgehead atoms. The first kappa shape index (κ1) is 15.2. The largest absolute Gasteiger partial charge is 0.508 e. The Kier molecular flexibility index (Phi) is 4.91. The number of nitrogens with one attached hydrogen (secondary N) is 1. The molecule has 0 radical (unpaired) electrons. The van der Waals surface area contributed by atoms with E-state index in [1.54, 1.807) is 30.3 Å². The molecule has 0 aliphatic rings. The number of carbonyl (C=O) groups excluding carboxylic acids is 1. The molecule has 6 heteroatoms. The van der Waals surface area contributed by atoms with Crippen molar-refractivity contribution >= 4 is 50.7 Å². The monoisotopic (exact) mass is 373 g/mol. The van der Waals surface area contributed by atoms with Gasteiger partial charge in [-0.3, -0.25) is 4.79 Å². The zero-order valence-electron chi connectivity index (χ0n) is 10.2. The van der Waals surface area contributed by atoms with Gasteiger partial charge in [0.15, 0.2) is 0 Å². The van der Waals surface area contributed by atoms with Crippen LogP contribution < -0.4 is 5.32 Å². The van der Waals surface area contributed by atoms with Crippen molar-refractivity contribution in [2.24, 2.45) is 0 Å². The number of hydrogen-bond donors (Lipinski definition) is 2. The highest BCUT2D eigenvalue weighted by atomic mass is 79.9. The maximum absolute atomic E-state index is 11.9. The molecule has 2 N–H and O–H groups in total. The second-order valence-corrected chi connectivity index (χ2v) is 5.69. The predicted molar refractivity (Wildman–Crippen MR) is 84.6 cm³/mol. The summed E-state index contributed by atoms with van der Waals surface area (Å²) in [4.78, 5) is 11.9. The molecule has 2 rings (SSSR count). The highest BCUT2D eigenvalue weighted by Gasteiger charge is 2.12. The van der Waals surface area contributed by atoms with Crippen LogP contribution >= 0.6 is 39.1 Å². The van der Waals surface area contributed by atoms with Crippen LogP contribution in [0.1, 0.15) is 5.56 Å². The lowest BCUT2D eigenvalue weighted by Gasteiger charge is -2.10. The van der Waals surface area contributed by atoms with Crippen LogP contribution in [0.25, 0.3) is 0 Å². The molecule has 2 aromatic carbocycles. The van der Waals surface area contributed by atoms with E-state index in [4.69, 9.17) is 23.2 Å². The van der Waals surface area contributed by atoms with Crippen LogP contribution in [0.5, 0.6) is 5.75 Å². The van der Waals surface area contributed by atoms with Crippen LogP contribution in [0.4, 0.5) is 5.69 Å². The fourth-order valence-electron chi connectivity index (χ4n) is 1.65. The van der Waals surface area contributed by atoms with Gasteiger partial charge >= 0.3 is 0 Å². The van der Waals surface area contributed by atoms with Gasteiger partial charge < -0.3 is 10.4 Å². The minimum atomic E-state index is -0.285. The van der Waals surface area contributed by atoms with E-state index in [-0.39, 0.29) is 23.1 Å². The fourth-order valence-corrected chi connectivity index (χ4v) is 2.47. The standard InChI is InChI=1S/C14H10BrCl2NO2/c15-9-5-6-10(14(17)13(9)16)18-12(20)7-8-3-1-2-4-11(8)19/h1-6,19H,7H2,(H,18,20). The zero-order valence-corrected chi connectivity index (χ0v) is 13.3. The molecule has 0 unspecified atom stereocenters. The van der Waals surface area contributed by atoms with Crippen molar-refractivity contribution in [2.45, 2.75) is 6.42 Å². The van der Waals surface area contributed by atoms with Crippen LogP contribution in [0.15, 0.2) is 40.9 Å². The summed E-state index contributed by atoms with van der Waals surface area (Å²) in [5.41, 5.74) is 0.976. The number of phenolic OH excluding ortho intramolecular Hbond substituents is 1. The summed E-state index contributed by atoms with van der Waals surface area (Å²) >= 11 is 15.3. The van der Waals surface area contributed by atoms with Crippen LogP contribution in [0.2, 0.25) is 10.0 Å². The van der Waals surface area contributed by atoms with Crippen molar-refractivity contribution in [1.82, 2.24) is 0 Å². The van der Waals surface area contributed by atoms with Gasteiger partial charge in [0.2, 0.25) is 5.91 Å². The molecule has 0 heterocycles. The summed E-state index contributed by atoms with van der Waals surface area (Å²) in [5, 5.41) is 12.9. The maximum Gasteiger partial charge on any atom is 0.228 e. The summed E-state index contributed by atoms with van der Waals surface area (Å²) < 4.78 is 0.655. The Morgan fingerprint density at radius 3 is 2.55 bits per heavy atom. The number of halogens is 3. The van der Waals surface area contributed by atoms with Crippen LogP contribution in [-0.2, 0) is 11.2 Å². The van der Waals surface area contributed by atoms with Gasteiger partial charge in [-0.15, -0.1) is 0 Å². The average molecular weight is 375 g/mol. The number of carbonyl (C=O) groups is 1. The first-order valence-corrected chi connectivity index (χ1v) is 7.24. The first-order chi connectivity index (χ1) is 9.49. The Hall–Kier alpha value is -1.23. The maximum atomic E-state index is 11.9. The second-order valence-electron chi connectivity index (χ2n) is 4.08. The van der Waals surface area contributed by atoms with E-state index >= 15 is 0 Å². The molecule has 20 heavy (non-hydrogen) atoms. The van der Waals surface area contributed by atoms with Gasteiger partial charge in [0.05, 0.1) is 22.2 Å². The Balaban J connectivity index is 2.13. The lowest BCUT2D eigenvalue weighted by molar-refractivity contribution is -0.115. The normalized spacial score (nSPS) is 10.3. The van der Waals surface area contributed by atoms with Crippen LogP contribution in [-0.4, -0.2) is 11.0 Å². The summed E-state index contributed by atoms with van der Waals surface area (Å²) in [6, 6.07) is 10.0. The van der Waals surface area contributed by atoms with Gasteiger partial charge in [-0.1, -0.05) is 41.4 Å². The lowest BCUT2D eigenvalue weighted by Crippen LogP contribution is -2.14. The molecule has 3 nitrogen and oxygen atoms in total. The third-order valence-electron chi connectivity index (χ3n) is 2.65. The van der Waals surface area contributed by atoms with Crippen molar-refractivity contribution in [3.05, 3.63) is 56.5 Å². The van der Waals surface area contributed by atoms with Gasteiger partial charge in [-0.05, 0) is 34.1 Å². The zero-order chi connectivity index (χ0) is 14.7. The number of phenols is 1. The summed E-state index contributed by atoms with van der Waals surface area (Å²) in [7, 11) is 0. The third-order valence-corrected chi connectivity index (χ3v) is 4.42. The Labute approximate surface area is 134 Å². The van der Waals surface area contributed by atoms with Crippen molar-refractivity contribution in [1.29, 1.82) is 0 Å². The summed E-state index contributed by atoms with van der Waals surface area (Å²) in [6.45, 7) is 0. The highest BCUT2D eigenvalue weighted by Crippen LogP contribution is 2.35. The van der Waals surface area contributed by atoms with Gasteiger partial charge in [0.25, 0.3) is 0 Å². The third kappa shape index (κ3) is 3.45. The molecule has 0 spiro atoms. The fraction of sp³-hybridized carbons (Fsp3) is 0.0714. The van der Waals surface area contributed by atoms with Crippen LogP contribution in [0, 0.1) is 0 Å². The molecule has 0 fully saturated rings. The number of anilines is 1. The molecule has 2 aromatic rings. The molecule has 0 aliphatic carbocycles. The SMILES string of the molecule is O=C(Cc1ccccc1O)Nc1ccc(Br)c(Cl)c1Cl. The summed E-state index contributed by atoms with van der Waals surface area (Å²) in [6.07, 6.45) is 0.0523. The molecule has 104 valence electrons. The lowest BCUT2D eigenvalue weighted by atomic mass is 10.1. The molecular formula is C14H10BrCl2NO2. The van der Waals surface area contributed by atoms with Gasteiger partial charge in [0, 0.05) is 10.0 Å².